The zero-order chi connectivity index (χ0) is 18.3. The fraction of sp³-hybridized carbons (Fsp3) is 0.333. The number of carbonyl (C=O) groups is 2. The lowest BCUT2D eigenvalue weighted by atomic mass is 10.1. The normalized spacial score (nSPS) is 10.8. The molecule has 0 saturated heterocycles. The lowest BCUT2D eigenvalue weighted by Gasteiger charge is -2.19. The number of nitrogens with one attached hydrogen (secondary N) is 1. The monoisotopic (exact) mass is 343 g/mol. The average molecular weight is 343 g/mol. The molecule has 25 heavy (non-hydrogen) atoms. The van der Waals surface area contributed by atoms with Gasteiger partial charge in [-0.15, -0.1) is 0 Å². The first kappa shape index (κ1) is 18.4. The summed E-state index contributed by atoms with van der Waals surface area (Å²) in [5.74, 6) is 0.424. The molecule has 1 amide bonds. The van der Waals surface area contributed by atoms with Crippen LogP contribution >= 0.6 is 0 Å². The first-order valence-electron chi connectivity index (χ1n) is 7.86. The molecule has 2 aromatic heterocycles. The average Bonchev–Trinajstić information content (AvgIpc) is 2.57. The van der Waals surface area contributed by atoms with Crippen molar-refractivity contribution in [1.29, 1.82) is 0 Å². The number of hydrogen-bond donors (Lipinski definition) is 1. The number of pyridine rings is 2. The number of aromatic nitrogens is 2. The molecule has 1 N–H and O–H groups in total. The van der Waals surface area contributed by atoms with Crippen molar-refractivity contribution in [3.8, 4) is 17.1 Å². The van der Waals surface area contributed by atoms with E-state index in [1.165, 1.54) is 0 Å². The first-order chi connectivity index (χ1) is 11.9. The third kappa shape index (κ3) is 6.21. The largest absolute Gasteiger partial charge is 0.476 e. The molecule has 0 unspecified atom stereocenters. The second kappa shape index (κ2) is 8.23. The van der Waals surface area contributed by atoms with Crippen LogP contribution in [0.5, 0.6) is 5.88 Å². The van der Waals surface area contributed by atoms with Gasteiger partial charge in [-0.1, -0.05) is 6.07 Å². The molecule has 0 radical (unpaired) electrons. The van der Waals surface area contributed by atoms with E-state index in [0.29, 0.717) is 30.1 Å². The Labute approximate surface area is 146 Å². The van der Waals surface area contributed by atoms with Crippen molar-refractivity contribution >= 4 is 12.4 Å². The second-order valence-corrected chi connectivity index (χ2v) is 6.23. The summed E-state index contributed by atoms with van der Waals surface area (Å²) in [5.41, 5.74) is 1.25. The zero-order valence-corrected chi connectivity index (χ0v) is 14.5. The van der Waals surface area contributed by atoms with E-state index in [2.05, 4.69) is 15.3 Å². The van der Waals surface area contributed by atoms with E-state index in [0.717, 1.165) is 5.56 Å². The van der Waals surface area contributed by atoms with E-state index in [9.17, 15) is 9.59 Å². The highest BCUT2D eigenvalue weighted by atomic mass is 16.6. The van der Waals surface area contributed by atoms with Crippen molar-refractivity contribution < 1.29 is 19.1 Å². The van der Waals surface area contributed by atoms with Crippen LogP contribution < -0.4 is 10.1 Å². The molecular weight excluding hydrogens is 322 g/mol. The third-order valence-corrected chi connectivity index (χ3v) is 2.94. The quantitative estimate of drug-likeness (QED) is 0.641. The molecule has 132 valence electrons. The fourth-order valence-electron chi connectivity index (χ4n) is 1.95. The van der Waals surface area contributed by atoms with Crippen molar-refractivity contribution in [2.24, 2.45) is 0 Å². The van der Waals surface area contributed by atoms with Crippen LogP contribution in [0.4, 0.5) is 4.79 Å². The smallest absolute Gasteiger partial charge is 0.407 e. The standard InChI is InChI=1S/C18H21N3O4/c1-18(2,3)25-17(23)20-9-10-24-16-6-4-5-15(21-16)13-7-8-19-14(11-13)12-22/h4-8,11-12H,9-10H2,1-3H3,(H,20,23). The molecule has 7 nitrogen and oxygen atoms in total. The Morgan fingerprint density at radius 2 is 2.08 bits per heavy atom. The topological polar surface area (TPSA) is 90.4 Å². The van der Waals surface area contributed by atoms with Gasteiger partial charge in [-0.3, -0.25) is 9.78 Å². The Kier molecular flexibility index (Phi) is 6.05. The van der Waals surface area contributed by atoms with Crippen LogP contribution in [0.2, 0.25) is 0 Å². The van der Waals surface area contributed by atoms with Crippen LogP contribution in [0.25, 0.3) is 11.3 Å². The van der Waals surface area contributed by atoms with Crippen LogP contribution in [-0.4, -0.2) is 41.1 Å². The molecule has 0 spiro atoms. The number of ether oxygens (including phenoxy) is 2. The lowest BCUT2D eigenvalue weighted by Crippen LogP contribution is -2.34. The van der Waals surface area contributed by atoms with Crippen LogP contribution in [0.3, 0.4) is 0 Å². The predicted molar refractivity (Wildman–Crippen MR) is 92.6 cm³/mol. The number of rotatable bonds is 6. The number of nitrogens with zero attached hydrogens (tertiary/aromatic N) is 2. The van der Waals surface area contributed by atoms with Gasteiger partial charge in [-0.2, -0.15) is 0 Å². The molecular formula is C18H21N3O4. The Morgan fingerprint density at radius 3 is 2.80 bits per heavy atom. The minimum atomic E-state index is -0.536. The maximum absolute atomic E-state index is 11.5. The van der Waals surface area contributed by atoms with Gasteiger partial charge in [0.15, 0.2) is 6.29 Å². The molecule has 0 atom stereocenters. The fourth-order valence-corrected chi connectivity index (χ4v) is 1.95. The van der Waals surface area contributed by atoms with Gasteiger partial charge in [0.05, 0.1) is 12.2 Å². The summed E-state index contributed by atoms with van der Waals surface area (Å²) in [5, 5.41) is 2.61. The highest BCUT2D eigenvalue weighted by Crippen LogP contribution is 2.19. The zero-order valence-electron chi connectivity index (χ0n) is 14.5. The minimum Gasteiger partial charge on any atom is -0.476 e. The number of aldehydes is 1. The Bertz CT molecular complexity index is 741. The molecule has 2 rings (SSSR count). The SMILES string of the molecule is CC(C)(C)OC(=O)NCCOc1cccc(-c2ccnc(C=O)c2)n1. The Hall–Kier alpha value is -2.96. The van der Waals surface area contributed by atoms with Crippen LogP contribution in [-0.2, 0) is 4.74 Å². The number of carbonyl (C=O) groups excluding carboxylic acids is 2. The Balaban J connectivity index is 1.89. The summed E-state index contributed by atoms with van der Waals surface area (Å²) in [6.07, 6.45) is 1.75. The molecule has 0 aromatic carbocycles. The van der Waals surface area contributed by atoms with Crippen LogP contribution in [0, 0.1) is 0 Å². The van der Waals surface area contributed by atoms with Gasteiger partial charge in [0.25, 0.3) is 0 Å². The van der Waals surface area contributed by atoms with E-state index in [1.54, 1.807) is 51.2 Å². The van der Waals surface area contributed by atoms with Crippen LogP contribution in [0.15, 0.2) is 36.5 Å². The maximum atomic E-state index is 11.5. The van der Waals surface area contributed by atoms with Gasteiger partial charge < -0.3 is 14.8 Å². The summed E-state index contributed by atoms with van der Waals surface area (Å²) in [6, 6.07) is 8.76. The molecule has 2 heterocycles. The first-order valence-corrected chi connectivity index (χ1v) is 7.86. The van der Waals surface area contributed by atoms with E-state index in [-0.39, 0.29) is 6.61 Å². The number of amides is 1. The summed E-state index contributed by atoms with van der Waals surface area (Å²) < 4.78 is 10.7. The highest BCUT2D eigenvalue weighted by Gasteiger charge is 2.15. The van der Waals surface area contributed by atoms with E-state index >= 15 is 0 Å². The summed E-state index contributed by atoms with van der Waals surface area (Å²) in [4.78, 5) is 30.7. The van der Waals surface area contributed by atoms with Gasteiger partial charge >= 0.3 is 6.09 Å². The summed E-state index contributed by atoms with van der Waals surface area (Å²) in [6.45, 7) is 5.95. The third-order valence-electron chi connectivity index (χ3n) is 2.94. The molecule has 0 bridgehead atoms. The number of hydrogen-bond acceptors (Lipinski definition) is 6. The van der Waals surface area contributed by atoms with E-state index in [1.807, 2.05) is 6.07 Å². The van der Waals surface area contributed by atoms with Gasteiger partial charge in [-0.05, 0) is 39.0 Å². The van der Waals surface area contributed by atoms with Crippen molar-refractivity contribution in [3.63, 3.8) is 0 Å². The van der Waals surface area contributed by atoms with Crippen molar-refractivity contribution in [1.82, 2.24) is 15.3 Å². The predicted octanol–water partition coefficient (Wildman–Crippen LogP) is 2.86. The van der Waals surface area contributed by atoms with Gasteiger partial charge in [0.1, 0.15) is 17.9 Å². The summed E-state index contributed by atoms with van der Waals surface area (Å²) >= 11 is 0. The van der Waals surface area contributed by atoms with Gasteiger partial charge in [0, 0.05) is 17.8 Å². The molecule has 0 fully saturated rings. The van der Waals surface area contributed by atoms with Crippen molar-refractivity contribution in [2.75, 3.05) is 13.2 Å². The molecule has 0 aliphatic heterocycles. The number of alkyl carbamates (subject to hydrolysis) is 1. The van der Waals surface area contributed by atoms with E-state index in [4.69, 9.17) is 9.47 Å². The molecule has 0 aliphatic carbocycles. The second-order valence-electron chi connectivity index (χ2n) is 6.23. The molecule has 0 saturated carbocycles. The van der Waals surface area contributed by atoms with Crippen molar-refractivity contribution in [3.05, 3.63) is 42.2 Å². The lowest BCUT2D eigenvalue weighted by molar-refractivity contribution is 0.0519. The van der Waals surface area contributed by atoms with Gasteiger partial charge in [-0.25, -0.2) is 9.78 Å². The van der Waals surface area contributed by atoms with Crippen LogP contribution in [0.1, 0.15) is 31.3 Å². The van der Waals surface area contributed by atoms with Crippen molar-refractivity contribution in [2.45, 2.75) is 26.4 Å². The Morgan fingerprint density at radius 1 is 1.28 bits per heavy atom. The molecule has 0 aliphatic rings. The minimum absolute atomic E-state index is 0.256. The molecule has 2 aromatic rings. The highest BCUT2D eigenvalue weighted by molar-refractivity contribution is 5.75. The van der Waals surface area contributed by atoms with E-state index < -0.39 is 11.7 Å². The van der Waals surface area contributed by atoms with Gasteiger partial charge in [0.2, 0.25) is 5.88 Å². The molecule has 7 heteroatoms. The summed E-state index contributed by atoms with van der Waals surface area (Å²) in [7, 11) is 0. The maximum Gasteiger partial charge on any atom is 0.407 e.